The predicted molar refractivity (Wildman–Crippen MR) is 90.6 cm³/mol. The molecule has 1 aliphatic carbocycles. The third-order valence-corrected chi connectivity index (χ3v) is 5.70. The standard InChI is InChI=1S/C19H30N2/c1-19(2,3)16-8-9-17(20)15(12-16)13-21-11-10-14-6-4-5-7-18(14)21/h4-7,15-17H,8-13,20H2,1-3H3. The van der Waals surface area contributed by atoms with Crippen molar-refractivity contribution in [3.63, 3.8) is 0 Å². The first-order valence-electron chi connectivity index (χ1n) is 8.53. The molecule has 0 bridgehead atoms. The summed E-state index contributed by atoms with van der Waals surface area (Å²) < 4.78 is 0. The van der Waals surface area contributed by atoms with Gasteiger partial charge in [-0.05, 0) is 54.6 Å². The molecule has 3 rings (SSSR count). The van der Waals surface area contributed by atoms with Crippen molar-refractivity contribution in [2.75, 3.05) is 18.0 Å². The smallest absolute Gasteiger partial charge is 0.0399 e. The van der Waals surface area contributed by atoms with Gasteiger partial charge in [0.15, 0.2) is 0 Å². The minimum Gasteiger partial charge on any atom is -0.371 e. The van der Waals surface area contributed by atoms with Gasteiger partial charge < -0.3 is 10.6 Å². The SMILES string of the molecule is CC(C)(C)C1CCC(N)C(CN2CCc3ccccc32)C1. The molecule has 1 fully saturated rings. The van der Waals surface area contributed by atoms with Gasteiger partial charge in [0.05, 0.1) is 0 Å². The van der Waals surface area contributed by atoms with Crippen LogP contribution in [0.1, 0.15) is 45.6 Å². The predicted octanol–water partition coefficient (Wildman–Crippen LogP) is 3.84. The van der Waals surface area contributed by atoms with E-state index >= 15 is 0 Å². The van der Waals surface area contributed by atoms with Crippen LogP contribution in [0, 0.1) is 17.3 Å². The summed E-state index contributed by atoms with van der Waals surface area (Å²) in [5.41, 5.74) is 9.83. The Hall–Kier alpha value is -1.02. The summed E-state index contributed by atoms with van der Waals surface area (Å²) in [5, 5.41) is 0. The summed E-state index contributed by atoms with van der Waals surface area (Å²) in [4.78, 5) is 2.57. The molecular formula is C19H30N2. The molecule has 2 aliphatic rings. The summed E-state index contributed by atoms with van der Waals surface area (Å²) in [6.45, 7) is 9.47. The third kappa shape index (κ3) is 3.11. The minimum absolute atomic E-state index is 0.386. The highest BCUT2D eigenvalue weighted by Crippen LogP contribution is 2.41. The maximum Gasteiger partial charge on any atom is 0.0399 e. The Kier molecular flexibility index (Phi) is 4.00. The second-order valence-electron chi connectivity index (χ2n) is 8.12. The summed E-state index contributed by atoms with van der Waals surface area (Å²) in [7, 11) is 0. The topological polar surface area (TPSA) is 29.3 Å². The lowest BCUT2D eigenvalue weighted by molar-refractivity contribution is 0.129. The van der Waals surface area contributed by atoms with E-state index in [0.717, 1.165) is 12.5 Å². The number of benzene rings is 1. The van der Waals surface area contributed by atoms with Crippen molar-refractivity contribution in [2.24, 2.45) is 23.0 Å². The molecule has 0 amide bonds. The first-order chi connectivity index (χ1) is 9.95. The van der Waals surface area contributed by atoms with Crippen LogP contribution in [-0.4, -0.2) is 19.1 Å². The van der Waals surface area contributed by atoms with E-state index in [1.165, 1.54) is 43.5 Å². The quantitative estimate of drug-likeness (QED) is 0.895. The second kappa shape index (κ2) is 5.64. The molecule has 0 spiro atoms. The molecule has 1 aromatic carbocycles. The Morgan fingerprint density at radius 1 is 1.19 bits per heavy atom. The van der Waals surface area contributed by atoms with Crippen LogP contribution in [0.5, 0.6) is 0 Å². The van der Waals surface area contributed by atoms with Gasteiger partial charge in [0.25, 0.3) is 0 Å². The number of fused-ring (bicyclic) bond motifs is 1. The Labute approximate surface area is 129 Å². The number of rotatable bonds is 2. The number of nitrogens with zero attached hydrogens (tertiary/aromatic N) is 1. The number of anilines is 1. The summed E-state index contributed by atoms with van der Waals surface area (Å²) in [5.74, 6) is 1.47. The molecule has 2 nitrogen and oxygen atoms in total. The van der Waals surface area contributed by atoms with E-state index in [1.54, 1.807) is 0 Å². The van der Waals surface area contributed by atoms with Gasteiger partial charge in [0, 0.05) is 24.8 Å². The van der Waals surface area contributed by atoms with Crippen LogP contribution in [0.3, 0.4) is 0 Å². The van der Waals surface area contributed by atoms with Gasteiger partial charge in [0.1, 0.15) is 0 Å². The lowest BCUT2D eigenvalue weighted by atomic mass is 9.67. The molecule has 3 unspecified atom stereocenters. The van der Waals surface area contributed by atoms with Gasteiger partial charge >= 0.3 is 0 Å². The average Bonchev–Trinajstić information content (AvgIpc) is 2.83. The Morgan fingerprint density at radius 2 is 1.95 bits per heavy atom. The number of hydrogen-bond acceptors (Lipinski definition) is 2. The molecule has 21 heavy (non-hydrogen) atoms. The highest BCUT2D eigenvalue weighted by atomic mass is 15.2. The number of nitrogens with two attached hydrogens (primary N) is 1. The van der Waals surface area contributed by atoms with E-state index < -0.39 is 0 Å². The van der Waals surface area contributed by atoms with Gasteiger partial charge in [0.2, 0.25) is 0 Å². The van der Waals surface area contributed by atoms with Crippen molar-refractivity contribution in [3.05, 3.63) is 29.8 Å². The van der Waals surface area contributed by atoms with Crippen LogP contribution in [0.2, 0.25) is 0 Å². The Morgan fingerprint density at radius 3 is 2.71 bits per heavy atom. The molecule has 0 aromatic heterocycles. The normalized spacial score (nSPS) is 29.5. The first kappa shape index (κ1) is 14.9. The maximum atomic E-state index is 6.46. The van der Waals surface area contributed by atoms with Crippen molar-refractivity contribution in [2.45, 2.75) is 52.5 Å². The van der Waals surface area contributed by atoms with Crippen LogP contribution in [0.4, 0.5) is 5.69 Å². The molecule has 2 N–H and O–H groups in total. The second-order valence-corrected chi connectivity index (χ2v) is 8.12. The van der Waals surface area contributed by atoms with Crippen molar-refractivity contribution in [1.29, 1.82) is 0 Å². The zero-order valence-corrected chi connectivity index (χ0v) is 13.8. The Balaban J connectivity index is 1.69. The monoisotopic (exact) mass is 286 g/mol. The molecule has 2 heteroatoms. The molecule has 3 atom stereocenters. The fourth-order valence-electron chi connectivity index (χ4n) is 4.16. The van der Waals surface area contributed by atoms with E-state index in [2.05, 4.69) is 49.9 Å². The fourth-order valence-corrected chi connectivity index (χ4v) is 4.16. The summed E-state index contributed by atoms with van der Waals surface area (Å²) in [6.07, 6.45) is 4.99. The number of hydrogen-bond donors (Lipinski definition) is 1. The van der Waals surface area contributed by atoms with Crippen molar-refractivity contribution >= 4 is 5.69 Å². The minimum atomic E-state index is 0.386. The van der Waals surface area contributed by atoms with E-state index in [1.807, 2.05) is 0 Å². The molecular weight excluding hydrogens is 256 g/mol. The van der Waals surface area contributed by atoms with E-state index in [0.29, 0.717) is 17.4 Å². The zero-order valence-electron chi connectivity index (χ0n) is 13.8. The number of para-hydroxylation sites is 1. The lowest BCUT2D eigenvalue weighted by Gasteiger charge is -2.42. The van der Waals surface area contributed by atoms with Crippen LogP contribution < -0.4 is 10.6 Å². The van der Waals surface area contributed by atoms with Crippen molar-refractivity contribution in [3.8, 4) is 0 Å². The molecule has 0 radical (unpaired) electrons. The fraction of sp³-hybridized carbons (Fsp3) is 0.684. The van der Waals surface area contributed by atoms with Crippen LogP contribution in [0.25, 0.3) is 0 Å². The average molecular weight is 286 g/mol. The van der Waals surface area contributed by atoms with Gasteiger partial charge in [-0.3, -0.25) is 0 Å². The van der Waals surface area contributed by atoms with Crippen molar-refractivity contribution in [1.82, 2.24) is 0 Å². The molecule has 116 valence electrons. The lowest BCUT2D eigenvalue weighted by Crippen LogP contribution is -2.44. The zero-order chi connectivity index (χ0) is 15.0. The highest BCUT2D eigenvalue weighted by Gasteiger charge is 2.35. The van der Waals surface area contributed by atoms with E-state index in [-0.39, 0.29) is 0 Å². The highest BCUT2D eigenvalue weighted by molar-refractivity contribution is 5.57. The molecule has 1 aliphatic heterocycles. The van der Waals surface area contributed by atoms with Gasteiger partial charge in [-0.1, -0.05) is 39.0 Å². The maximum absolute atomic E-state index is 6.46. The first-order valence-corrected chi connectivity index (χ1v) is 8.53. The summed E-state index contributed by atoms with van der Waals surface area (Å²) in [6, 6.07) is 9.25. The molecule has 1 saturated carbocycles. The Bertz CT molecular complexity index is 489. The van der Waals surface area contributed by atoms with Crippen LogP contribution in [-0.2, 0) is 6.42 Å². The van der Waals surface area contributed by atoms with Gasteiger partial charge in [-0.25, -0.2) is 0 Å². The molecule has 0 saturated heterocycles. The molecule has 1 aromatic rings. The van der Waals surface area contributed by atoms with Crippen LogP contribution >= 0.6 is 0 Å². The van der Waals surface area contributed by atoms with Crippen LogP contribution in [0.15, 0.2) is 24.3 Å². The van der Waals surface area contributed by atoms with Crippen molar-refractivity contribution < 1.29 is 0 Å². The van der Waals surface area contributed by atoms with Gasteiger partial charge in [-0.2, -0.15) is 0 Å². The summed E-state index contributed by atoms with van der Waals surface area (Å²) >= 11 is 0. The third-order valence-electron chi connectivity index (χ3n) is 5.70. The van der Waals surface area contributed by atoms with E-state index in [4.69, 9.17) is 5.73 Å². The van der Waals surface area contributed by atoms with E-state index in [9.17, 15) is 0 Å². The van der Waals surface area contributed by atoms with Gasteiger partial charge in [-0.15, -0.1) is 0 Å². The largest absolute Gasteiger partial charge is 0.371 e. The molecule has 1 heterocycles.